The first kappa shape index (κ1) is 16.4. The van der Waals surface area contributed by atoms with Crippen molar-refractivity contribution in [2.45, 2.75) is 26.3 Å². The van der Waals surface area contributed by atoms with Crippen molar-refractivity contribution in [2.75, 3.05) is 6.61 Å². The lowest BCUT2D eigenvalue weighted by molar-refractivity contribution is -0.122. The predicted molar refractivity (Wildman–Crippen MR) is 76.0 cm³/mol. The first-order chi connectivity index (χ1) is 9.42. The Labute approximate surface area is 125 Å². The number of carbonyl (C=O) groups excluding carboxylic acids is 2. The third-order valence-corrected chi connectivity index (χ3v) is 3.12. The van der Waals surface area contributed by atoms with Crippen molar-refractivity contribution < 1.29 is 18.7 Å². The largest absolute Gasteiger partial charge is 0.483 e. The van der Waals surface area contributed by atoms with Gasteiger partial charge in [-0.2, -0.15) is 0 Å². The summed E-state index contributed by atoms with van der Waals surface area (Å²) in [5.74, 6) is -0.674. The zero-order valence-electron chi connectivity index (χ0n) is 11.2. The van der Waals surface area contributed by atoms with Crippen LogP contribution in [0.4, 0.5) is 9.18 Å². The van der Waals surface area contributed by atoms with Gasteiger partial charge in [-0.1, -0.05) is 6.92 Å². The molecular formula is C13H16BrFN2O3. The molecule has 0 fully saturated rings. The molecule has 1 aromatic rings. The van der Waals surface area contributed by atoms with Crippen molar-refractivity contribution in [3.8, 4) is 5.75 Å². The van der Waals surface area contributed by atoms with Crippen LogP contribution in [0.2, 0.25) is 0 Å². The molecule has 0 aromatic heterocycles. The van der Waals surface area contributed by atoms with Crippen LogP contribution >= 0.6 is 15.9 Å². The number of hydrogen-bond donors (Lipinski definition) is 2. The molecule has 0 spiro atoms. The van der Waals surface area contributed by atoms with E-state index in [4.69, 9.17) is 4.74 Å². The van der Waals surface area contributed by atoms with Gasteiger partial charge < -0.3 is 10.1 Å². The SMILES string of the molecule is CC[C@@H](C)NC(=O)NC(=O)COc1ccc(F)cc1Br. The summed E-state index contributed by atoms with van der Waals surface area (Å²) in [5.41, 5.74) is 0. The average Bonchev–Trinajstić information content (AvgIpc) is 2.37. The molecule has 1 rings (SSSR count). The van der Waals surface area contributed by atoms with E-state index in [1.165, 1.54) is 18.2 Å². The van der Waals surface area contributed by atoms with E-state index in [1.807, 2.05) is 13.8 Å². The lowest BCUT2D eigenvalue weighted by Crippen LogP contribution is -2.44. The Bertz CT molecular complexity index is 497. The number of benzene rings is 1. The third kappa shape index (κ3) is 5.56. The molecule has 1 aromatic carbocycles. The number of ether oxygens (including phenoxy) is 1. The highest BCUT2D eigenvalue weighted by Gasteiger charge is 2.11. The van der Waals surface area contributed by atoms with Crippen LogP contribution in [0.1, 0.15) is 20.3 Å². The Morgan fingerprint density at radius 1 is 1.45 bits per heavy atom. The molecule has 0 radical (unpaired) electrons. The lowest BCUT2D eigenvalue weighted by Gasteiger charge is -2.12. The maximum Gasteiger partial charge on any atom is 0.321 e. The lowest BCUT2D eigenvalue weighted by atomic mass is 10.3. The molecule has 0 heterocycles. The second-order valence-corrected chi connectivity index (χ2v) is 5.05. The van der Waals surface area contributed by atoms with Gasteiger partial charge in [0.15, 0.2) is 6.61 Å². The number of rotatable bonds is 5. The molecular weight excluding hydrogens is 331 g/mol. The van der Waals surface area contributed by atoms with Crippen molar-refractivity contribution in [1.82, 2.24) is 10.6 Å². The summed E-state index contributed by atoms with van der Waals surface area (Å²) in [4.78, 5) is 22.9. The topological polar surface area (TPSA) is 67.4 Å². The normalized spacial score (nSPS) is 11.6. The minimum atomic E-state index is -0.581. The maximum atomic E-state index is 12.9. The number of urea groups is 1. The molecule has 110 valence electrons. The fraction of sp³-hybridized carbons (Fsp3) is 0.385. The zero-order valence-corrected chi connectivity index (χ0v) is 12.8. The highest BCUT2D eigenvalue weighted by atomic mass is 79.9. The number of halogens is 2. The number of nitrogens with one attached hydrogen (secondary N) is 2. The van der Waals surface area contributed by atoms with Crippen LogP contribution in [-0.2, 0) is 4.79 Å². The Morgan fingerprint density at radius 2 is 2.15 bits per heavy atom. The second kappa shape index (κ2) is 7.84. The fourth-order valence-corrected chi connectivity index (χ4v) is 1.73. The van der Waals surface area contributed by atoms with E-state index in [0.29, 0.717) is 10.2 Å². The van der Waals surface area contributed by atoms with E-state index < -0.39 is 17.8 Å². The van der Waals surface area contributed by atoms with Crippen LogP contribution in [0.5, 0.6) is 5.75 Å². The molecule has 3 amide bonds. The maximum absolute atomic E-state index is 12.9. The van der Waals surface area contributed by atoms with Gasteiger partial charge in [0.25, 0.3) is 5.91 Å². The summed E-state index contributed by atoms with van der Waals surface area (Å²) in [6.07, 6.45) is 0.765. The van der Waals surface area contributed by atoms with Crippen molar-refractivity contribution in [1.29, 1.82) is 0 Å². The van der Waals surface area contributed by atoms with Crippen molar-refractivity contribution in [3.63, 3.8) is 0 Å². The molecule has 0 unspecified atom stereocenters. The minimum absolute atomic E-state index is 0.0186. The van der Waals surface area contributed by atoms with Crippen LogP contribution < -0.4 is 15.4 Å². The Balaban J connectivity index is 2.41. The minimum Gasteiger partial charge on any atom is -0.483 e. The van der Waals surface area contributed by atoms with Crippen molar-refractivity contribution in [2.24, 2.45) is 0 Å². The summed E-state index contributed by atoms with van der Waals surface area (Å²) in [5, 5.41) is 4.74. The molecule has 0 aliphatic carbocycles. The molecule has 0 bridgehead atoms. The summed E-state index contributed by atoms with van der Waals surface area (Å²) in [6, 6.07) is 3.25. The fourth-order valence-electron chi connectivity index (χ4n) is 1.26. The molecule has 0 aliphatic heterocycles. The van der Waals surface area contributed by atoms with E-state index in [0.717, 1.165) is 6.42 Å². The smallest absolute Gasteiger partial charge is 0.321 e. The highest BCUT2D eigenvalue weighted by molar-refractivity contribution is 9.10. The molecule has 2 N–H and O–H groups in total. The molecule has 7 heteroatoms. The van der Waals surface area contributed by atoms with E-state index in [1.54, 1.807) is 0 Å². The van der Waals surface area contributed by atoms with Gasteiger partial charge in [-0.3, -0.25) is 10.1 Å². The first-order valence-corrected chi connectivity index (χ1v) is 6.89. The Kier molecular flexibility index (Phi) is 6.44. The van der Waals surface area contributed by atoms with Gasteiger partial charge in [0.1, 0.15) is 11.6 Å². The quantitative estimate of drug-likeness (QED) is 0.860. The molecule has 1 atom stereocenters. The van der Waals surface area contributed by atoms with Crippen molar-refractivity contribution in [3.05, 3.63) is 28.5 Å². The van der Waals surface area contributed by atoms with Crippen LogP contribution in [0.3, 0.4) is 0 Å². The van der Waals surface area contributed by atoms with Gasteiger partial charge in [-0.25, -0.2) is 9.18 Å². The van der Waals surface area contributed by atoms with Crippen molar-refractivity contribution >= 4 is 27.9 Å². The molecule has 0 aliphatic rings. The standard InChI is InChI=1S/C13H16BrFN2O3/c1-3-8(2)16-13(19)17-12(18)7-20-11-5-4-9(15)6-10(11)14/h4-6,8H,3,7H2,1-2H3,(H2,16,17,18,19)/t8-/m1/s1. The Morgan fingerprint density at radius 3 is 2.75 bits per heavy atom. The van der Waals surface area contributed by atoms with Gasteiger partial charge in [-0.15, -0.1) is 0 Å². The van der Waals surface area contributed by atoms with Gasteiger partial charge in [0, 0.05) is 6.04 Å². The zero-order chi connectivity index (χ0) is 15.1. The van der Waals surface area contributed by atoms with E-state index in [-0.39, 0.29) is 12.6 Å². The summed E-state index contributed by atoms with van der Waals surface area (Å²) >= 11 is 3.11. The van der Waals surface area contributed by atoms with Crippen LogP contribution in [0.25, 0.3) is 0 Å². The number of amides is 3. The number of carbonyl (C=O) groups is 2. The summed E-state index contributed by atoms with van der Waals surface area (Å²) < 4.78 is 18.4. The summed E-state index contributed by atoms with van der Waals surface area (Å²) in [6.45, 7) is 3.41. The first-order valence-electron chi connectivity index (χ1n) is 6.10. The molecule has 0 saturated carbocycles. The van der Waals surface area contributed by atoms with Gasteiger partial charge in [0.2, 0.25) is 0 Å². The van der Waals surface area contributed by atoms with Crippen LogP contribution in [-0.4, -0.2) is 24.6 Å². The third-order valence-electron chi connectivity index (χ3n) is 2.50. The predicted octanol–water partition coefficient (Wildman–Crippen LogP) is 2.59. The van der Waals surface area contributed by atoms with E-state index in [2.05, 4.69) is 26.6 Å². The number of imide groups is 1. The van der Waals surface area contributed by atoms with Crippen LogP contribution in [0.15, 0.2) is 22.7 Å². The van der Waals surface area contributed by atoms with Gasteiger partial charge in [0.05, 0.1) is 4.47 Å². The molecule has 0 saturated heterocycles. The Hall–Kier alpha value is -1.63. The summed E-state index contributed by atoms with van der Waals surface area (Å²) in [7, 11) is 0. The van der Waals surface area contributed by atoms with E-state index >= 15 is 0 Å². The molecule has 5 nitrogen and oxygen atoms in total. The monoisotopic (exact) mass is 346 g/mol. The molecule has 20 heavy (non-hydrogen) atoms. The highest BCUT2D eigenvalue weighted by Crippen LogP contribution is 2.25. The van der Waals surface area contributed by atoms with E-state index in [9.17, 15) is 14.0 Å². The number of hydrogen-bond acceptors (Lipinski definition) is 3. The van der Waals surface area contributed by atoms with Gasteiger partial charge in [-0.05, 0) is 47.5 Å². The second-order valence-electron chi connectivity index (χ2n) is 4.19. The van der Waals surface area contributed by atoms with Gasteiger partial charge >= 0.3 is 6.03 Å². The average molecular weight is 347 g/mol. The van der Waals surface area contributed by atoms with Crippen LogP contribution in [0, 0.1) is 5.82 Å².